The molecule has 0 saturated heterocycles. The van der Waals surface area contributed by atoms with E-state index < -0.39 is 0 Å². The predicted octanol–water partition coefficient (Wildman–Crippen LogP) is 1.82. The summed E-state index contributed by atoms with van der Waals surface area (Å²) >= 11 is 0. The SMILES string of the molecule is Cc1cc(NCC(C)(C)CO)ccn1. The highest BCUT2D eigenvalue weighted by Crippen LogP contribution is 2.15. The number of hydrogen-bond donors (Lipinski definition) is 2. The van der Waals surface area contributed by atoms with Crippen molar-refractivity contribution < 1.29 is 5.11 Å². The van der Waals surface area contributed by atoms with E-state index in [4.69, 9.17) is 5.11 Å². The normalized spacial score (nSPS) is 11.4. The van der Waals surface area contributed by atoms with E-state index in [0.717, 1.165) is 17.9 Å². The molecule has 0 radical (unpaired) electrons. The number of aliphatic hydroxyl groups excluding tert-OH is 1. The Kier molecular flexibility index (Phi) is 3.47. The molecule has 0 aromatic carbocycles. The zero-order valence-electron chi connectivity index (χ0n) is 9.04. The van der Waals surface area contributed by atoms with Gasteiger partial charge in [-0.2, -0.15) is 0 Å². The number of rotatable bonds is 4. The second-order valence-corrected chi connectivity index (χ2v) is 4.36. The number of aryl methyl sites for hydroxylation is 1. The third-order valence-electron chi connectivity index (χ3n) is 2.10. The van der Waals surface area contributed by atoms with Gasteiger partial charge in [0.15, 0.2) is 0 Å². The summed E-state index contributed by atoms with van der Waals surface area (Å²) in [5.41, 5.74) is 1.97. The van der Waals surface area contributed by atoms with Crippen LogP contribution in [0.1, 0.15) is 19.5 Å². The molecule has 0 saturated carbocycles. The molecular formula is C11H18N2O. The quantitative estimate of drug-likeness (QED) is 0.768. The van der Waals surface area contributed by atoms with E-state index in [0.29, 0.717) is 0 Å². The first kappa shape index (κ1) is 11.0. The predicted molar refractivity (Wildman–Crippen MR) is 58.3 cm³/mol. The van der Waals surface area contributed by atoms with Gasteiger partial charge in [0.25, 0.3) is 0 Å². The first-order valence-corrected chi connectivity index (χ1v) is 4.81. The van der Waals surface area contributed by atoms with Crippen LogP contribution in [0.2, 0.25) is 0 Å². The zero-order valence-corrected chi connectivity index (χ0v) is 9.04. The molecule has 0 atom stereocenters. The van der Waals surface area contributed by atoms with Gasteiger partial charge in [0.2, 0.25) is 0 Å². The van der Waals surface area contributed by atoms with Crippen molar-refractivity contribution in [2.24, 2.45) is 5.41 Å². The molecule has 0 aliphatic heterocycles. The largest absolute Gasteiger partial charge is 0.396 e. The maximum absolute atomic E-state index is 9.07. The first-order valence-electron chi connectivity index (χ1n) is 4.81. The summed E-state index contributed by atoms with van der Waals surface area (Å²) in [5.74, 6) is 0. The van der Waals surface area contributed by atoms with E-state index in [1.165, 1.54) is 0 Å². The van der Waals surface area contributed by atoms with Crippen LogP contribution >= 0.6 is 0 Å². The summed E-state index contributed by atoms with van der Waals surface area (Å²) < 4.78 is 0. The molecule has 1 aromatic heterocycles. The molecule has 1 heterocycles. The Hall–Kier alpha value is -1.09. The Morgan fingerprint density at radius 3 is 2.79 bits per heavy atom. The van der Waals surface area contributed by atoms with E-state index >= 15 is 0 Å². The van der Waals surface area contributed by atoms with Gasteiger partial charge in [0.05, 0.1) is 0 Å². The molecule has 0 unspecified atom stereocenters. The fourth-order valence-corrected chi connectivity index (χ4v) is 1.05. The Morgan fingerprint density at radius 2 is 2.21 bits per heavy atom. The van der Waals surface area contributed by atoms with Crippen LogP contribution in [0.5, 0.6) is 0 Å². The average molecular weight is 194 g/mol. The Morgan fingerprint density at radius 1 is 1.50 bits per heavy atom. The van der Waals surface area contributed by atoms with Crippen LogP contribution in [0.25, 0.3) is 0 Å². The number of nitrogens with zero attached hydrogens (tertiary/aromatic N) is 1. The van der Waals surface area contributed by atoms with Gasteiger partial charge in [0.1, 0.15) is 0 Å². The number of nitrogens with one attached hydrogen (secondary N) is 1. The van der Waals surface area contributed by atoms with Crippen molar-refractivity contribution in [2.75, 3.05) is 18.5 Å². The molecule has 1 aromatic rings. The van der Waals surface area contributed by atoms with E-state index in [-0.39, 0.29) is 12.0 Å². The van der Waals surface area contributed by atoms with Crippen LogP contribution in [-0.2, 0) is 0 Å². The summed E-state index contributed by atoms with van der Waals surface area (Å²) in [5, 5.41) is 12.4. The maximum atomic E-state index is 9.07. The van der Waals surface area contributed by atoms with Crippen molar-refractivity contribution in [1.82, 2.24) is 4.98 Å². The van der Waals surface area contributed by atoms with Crippen LogP contribution in [0, 0.1) is 12.3 Å². The van der Waals surface area contributed by atoms with Gasteiger partial charge < -0.3 is 10.4 Å². The van der Waals surface area contributed by atoms with Crippen molar-refractivity contribution >= 4 is 5.69 Å². The van der Waals surface area contributed by atoms with Gasteiger partial charge in [-0.15, -0.1) is 0 Å². The van der Waals surface area contributed by atoms with Crippen LogP contribution in [-0.4, -0.2) is 23.2 Å². The van der Waals surface area contributed by atoms with Crippen molar-refractivity contribution in [3.8, 4) is 0 Å². The van der Waals surface area contributed by atoms with Gasteiger partial charge in [-0.25, -0.2) is 0 Å². The van der Waals surface area contributed by atoms with Crippen molar-refractivity contribution in [1.29, 1.82) is 0 Å². The average Bonchev–Trinajstić information content (AvgIpc) is 2.15. The monoisotopic (exact) mass is 194 g/mol. The zero-order chi connectivity index (χ0) is 10.6. The maximum Gasteiger partial charge on any atom is 0.0498 e. The summed E-state index contributed by atoms with van der Waals surface area (Å²) in [6, 6.07) is 3.92. The number of pyridine rings is 1. The number of aliphatic hydroxyl groups is 1. The highest BCUT2D eigenvalue weighted by Gasteiger charge is 2.15. The van der Waals surface area contributed by atoms with Crippen molar-refractivity contribution in [3.05, 3.63) is 24.0 Å². The van der Waals surface area contributed by atoms with E-state index in [2.05, 4.69) is 10.3 Å². The van der Waals surface area contributed by atoms with Gasteiger partial charge >= 0.3 is 0 Å². The Balaban J connectivity index is 2.54. The highest BCUT2D eigenvalue weighted by molar-refractivity contribution is 5.43. The molecule has 1 rings (SSSR count). The summed E-state index contributed by atoms with van der Waals surface area (Å²) in [6.45, 7) is 6.95. The molecule has 14 heavy (non-hydrogen) atoms. The summed E-state index contributed by atoms with van der Waals surface area (Å²) in [4.78, 5) is 4.12. The molecule has 0 aliphatic rings. The lowest BCUT2D eigenvalue weighted by Gasteiger charge is -2.22. The number of anilines is 1. The molecule has 0 bridgehead atoms. The fourth-order valence-electron chi connectivity index (χ4n) is 1.05. The van der Waals surface area contributed by atoms with E-state index in [1.54, 1.807) is 6.20 Å². The Bertz CT molecular complexity index is 297. The fraction of sp³-hybridized carbons (Fsp3) is 0.545. The van der Waals surface area contributed by atoms with E-state index in [1.807, 2.05) is 32.9 Å². The van der Waals surface area contributed by atoms with Gasteiger partial charge in [-0.3, -0.25) is 4.98 Å². The van der Waals surface area contributed by atoms with Gasteiger partial charge in [0, 0.05) is 36.1 Å². The van der Waals surface area contributed by atoms with E-state index in [9.17, 15) is 0 Å². The molecule has 2 N–H and O–H groups in total. The van der Waals surface area contributed by atoms with Crippen molar-refractivity contribution in [2.45, 2.75) is 20.8 Å². The molecule has 3 heteroatoms. The molecule has 0 fully saturated rings. The standard InChI is InChI=1S/C11H18N2O/c1-9-6-10(4-5-12-9)13-7-11(2,3)8-14/h4-6,14H,7-8H2,1-3H3,(H,12,13). The topological polar surface area (TPSA) is 45.1 Å². The first-order chi connectivity index (χ1) is 6.53. The second kappa shape index (κ2) is 4.42. The van der Waals surface area contributed by atoms with Gasteiger partial charge in [-0.1, -0.05) is 13.8 Å². The molecular weight excluding hydrogens is 176 g/mol. The summed E-state index contributed by atoms with van der Waals surface area (Å²) in [7, 11) is 0. The second-order valence-electron chi connectivity index (χ2n) is 4.36. The van der Waals surface area contributed by atoms with Crippen molar-refractivity contribution in [3.63, 3.8) is 0 Å². The lowest BCUT2D eigenvalue weighted by Crippen LogP contribution is -2.26. The van der Waals surface area contributed by atoms with Crippen LogP contribution in [0.15, 0.2) is 18.3 Å². The van der Waals surface area contributed by atoms with Crippen LogP contribution < -0.4 is 5.32 Å². The smallest absolute Gasteiger partial charge is 0.0498 e. The number of hydrogen-bond acceptors (Lipinski definition) is 3. The lowest BCUT2D eigenvalue weighted by molar-refractivity contribution is 0.171. The minimum absolute atomic E-state index is 0.0861. The molecule has 0 aliphatic carbocycles. The molecule has 3 nitrogen and oxygen atoms in total. The third kappa shape index (κ3) is 3.34. The summed E-state index contributed by atoms with van der Waals surface area (Å²) in [6.07, 6.45) is 1.78. The minimum Gasteiger partial charge on any atom is -0.396 e. The third-order valence-corrected chi connectivity index (χ3v) is 2.10. The minimum atomic E-state index is -0.0861. The Labute approximate surface area is 85.2 Å². The van der Waals surface area contributed by atoms with Gasteiger partial charge in [-0.05, 0) is 19.1 Å². The highest BCUT2D eigenvalue weighted by atomic mass is 16.3. The van der Waals surface area contributed by atoms with Crippen LogP contribution in [0.4, 0.5) is 5.69 Å². The van der Waals surface area contributed by atoms with Crippen LogP contribution in [0.3, 0.4) is 0 Å². The molecule has 0 amide bonds. The lowest BCUT2D eigenvalue weighted by atomic mass is 9.95. The molecule has 0 spiro atoms. The number of aromatic nitrogens is 1. The molecule has 78 valence electrons.